The minimum absolute atomic E-state index is 0. The van der Waals surface area contributed by atoms with Gasteiger partial charge in [0, 0.05) is 19.6 Å². The molecule has 136 valence electrons. The quantitative estimate of drug-likeness (QED) is 0.295. The molecule has 0 bridgehead atoms. The molecule has 5 nitrogen and oxygen atoms in total. The molecule has 0 radical (unpaired) electrons. The Bertz CT molecular complexity index is 368. The Balaban J connectivity index is 0.00000484. The summed E-state index contributed by atoms with van der Waals surface area (Å²) in [6.07, 6.45) is 6.15. The van der Waals surface area contributed by atoms with Crippen molar-refractivity contribution >= 4 is 35.8 Å². The minimum Gasteiger partial charge on any atom is -0.357 e. The fourth-order valence-electron chi connectivity index (χ4n) is 3.08. The van der Waals surface area contributed by atoms with E-state index in [-0.39, 0.29) is 36.4 Å². The Kier molecular flexibility index (Phi) is 11.6. The van der Waals surface area contributed by atoms with Crippen LogP contribution in [0.15, 0.2) is 4.99 Å². The van der Waals surface area contributed by atoms with Crippen molar-refractivity contribution < 1.29 is 4.79 Å². The van der Waals surface area contributed by atoms with Gasteiger partial charge in [0.1, 0.15) is 6.54 Å². The van der Waals surface area contributed by atoms with Crippen LogP contribution in [0.2, 0.25) is 0 Å². The molecular formula is C17H35IN4O. The van der Waals surface area contributed by atoms with Crippen LogP contribution in [0.3, 0.4) is 0 Å². The highest BCUT2D eigenvalue weighted by atomic mass is 127. The second-order valence-corrected chi connectivity index (χ2v) is 6.85. The van der Waals surface area contributed by atoms with Crippen molar-refractivity contribution in [3.05, 3.63) is 0 Å². The average molecular weight is 438 g/mol. The van der Waals surface area contributed by atoms with Crippen molar-refractivity contribution in [3.8, 4) is 0 Å². The van der Waals surface area contributed by atoms with Gasteiger partial charge >= 0.3 is 0 Å². The van der Waals surface area contributed by atoms with Crippen molar-refractivity contribution in [2.24, 2.45) is 16.3 Å². The van der Waals surface area contributed by atoms with Gasteiger partial charge in [-0.1, -0.05) is 27.2 Å². The SMILES string of the molecule is CCCNC(=O)CN=C(NCC)NCC1(CC(C)C)CCC1.I. The third-order valence-electron chi connectivity index (χ3n) is 4.18. The number of rotatable bonds is 9. The summed E-state index contributed by atoms with van der Waals surface area (Å²) in [6, 6.07) is 0. The number of amides is 1. The average Bonchev–Trinajstić information content (AvgIpc) is 2.44. The number of guanidine groups is 1. The molecule has 1 fully saturated rings. The van der Waals surface area contributed by atoms with E-state index in [1.165, 1.54) is 25.7 Å². The molecule has 6 heteroatoms. The molecule has 1 amide bonds. The number of hydrogen-bond acceptors (Lipinski definition) is 2. The number of nitrogens with zero attached hydrogens (tertiary/aromatic N) is 1. The van der Waals surface area contributed by atoms with Crippen LogP contribution in [0.5, 0.6) is 0 Å². The van der Waals surface area contributed by atoms with E-state index >= 15 is 0 Å². The van der Waals surface area contributed by atoms with Crippen LogP contribution in [-0.2, 0) is 4.79 Å². The Morgan fingerprint density at radius 1 is 1.17 bits per heavy atom. The normalized spacial score (nSPS) is 16.3. The summed E-state index contributed by atoms with van der Waals surface area (Å²) in [4.78, 5) is 16.0. The molecule has 1 saturated carbocycles. The highest BCUT2D eigenvalue weighted by Crippen LogP contribution is 2.45. The molecule has 0 unspecified atom stereocenters. The molecule has 0 saturated heterocycles. The number of nitrogens with one attached hydrogen (secondary N) is 3. The predicted octanol–water partition coefficient (Wildman–Crippen LogP) is 2.90. The van der Waals surface area contributed by atoms with E-state index in [4.69, 9.17) is 0 Å². The minimum atomic E-state index is -0.0143. The van der Waals surface area contributed by atoms with Gasteiger partial charge in [0.05, 0.1) is 0 Å². The van der Waals surface area contributed by atoms with Crippen LogP contribution >= 0.6 is 24.0 Å². The molecule has 0 aromatic heterocycles. The van der Waals surface area contributed by atoms with Crippen molar-refractivity contribution in [2.75, 3.05) is 26.2 Å². The lowest BCUT2D eigenvalue weighted by Gasteiger charge is -2.43. The molecule has 1 rings (SSSR count). The van der Waals surface area contributed by atoms with Gasteiger partial charge in [0.15, 0.2) is 5.96 Å². The van der Waals surface area contributed by atoms with Crippen LogP contribution in [0.1, 0.15) is 59.8 Å². The van der Waals surface area contributed by atoms with Crippen molar-refractivity contribution in [2.45, 2.75) is 59.8 Å². The summed E-state index contributed by atoms with van der Waals surface area (Å²) >= 11 is 0. The summed E-state index contributed by atoms with van der Waals surface area (Å²) in [6.45, 7) is 11.3. The number of carbonyl (C=O) groups excluding carboxylic acids is 1. The Labute approximate surface area is 158 Å². The maximum absolute atomic E-state index is 11.7. The van der Waals surface area contributed by atoms with Gasteiger partial charge in [0.25, 0.3) is 0 Å². The molecule has 1 aliphatic rings. The molecule has 0 spiro atoms. The summed E-state index contributed by atoms with van der Waals surface area (Å²) in [5, 5.41) is 9.52. The lowest BCUT2D eigenvalue weighted by molar-refractivity contribution is -0.119. The fourth-order valence-corrected chi connectivity index (χ4v) is 3.08. The zero-order chi connectivity index (χ0) is 16.4. The van der Waals surface area contributed by atoms with E-state index in [1.54, 1.807) is 0 Å². The van der Waals surface area contributed by atoms with E-state index < -0.39 is 0 Å². The molecular weight excluding hydrogens is 403 g/mol. The summed E-state index contributed by atoms with van der Waals surface area (Å²) in [5.74, 6) is 1.46. The summed E-state index contributed by atoms with van der Waals surface area (Å²) in [7, 11) is 0. The molecule has 0 aromatic rings. The second-order valence-electron chi connectivity index (χ2n) is 6.85. The maximum Gasteiger partial charge on any atom is 0.241 e. The standard InChI is InChI=1S/C17H34N4O.HI/c1-5-10-19-15(22)12-20-16(18-6-2)21-13-17(8-7-9-17)11-14(3)4;/h14H,5-13H2,1-4H3,(H,19,22)(H2,18,20,21);1H. The highest BCUT2D eigenvalue weighted by molar-refractivity contribution is 14.0. The summed E-state index contributed by atoms with van der Waals surface area (Å²) in [5.41, 5.74) is 0.425. The van der Waals surface area contributed by atoms with Gasteiger partial charge in [-0.25, -0.2) is 4.99 Å². The Morgan fingerprint density at radius 3 is 2.35 bits per heavy atom. The number of hydrogen-bond donors (Lipinski definition) is 3. The van der Waals surface area contributed by atoms with Crippen molar-refractivity contribution in [3.63, 3.8) is 0 Å². The first-order valence-corrected chi connectivity index (χ1v) is 8.80. The van der Waals surface area contributed by atoms with Gasteiger partial charge in [-0.05, 0) is 43.9 Å². The van der Waals surface area contributed by atoms with E-state index in [2.05, 4.69) is 34.8 Å². The lowest BCUT2D eigenvalue weighted by atomic mass is 9.64. The largest absolute Gasteiger partial charge is 0.357 e. The smallest absolute Gasteiger partial charge is 0.241 e. The monoisotopic (exact) mass is 438 g/mol. The van der Waals surface area contributed by atoms with Gasteiger partial charge in [-0.15, -0.1) is 24.0 Å². The van der Waals surface area contributed by atoms with Crippen molar-refractivity contribution in [1.82, 2.24) is 16.0 Å². The Morgan fingerprint density at radius 2 is 1.87 bits per heavy atom. The molecule has 0 aromatic carbocycles. The highest BCUT2D eigenvalue weighted by Gasteiger charge is 2.37. The van der Waals surface area contributed by atoms with Crippen LogP contribution in [0, 0.1) is 11.3 Å². The Hall–Kier alpha value is -0.530. The summed E-state index contributed by atoms with van der Waals surface area (Å²) < 4.78 is 0. The van der Waals surface area contributed by atoms with Crippen LogP contribution < -0.4 is 16.0 Å². The fraction of sp³-hybridized carbons (Fsp3) is 0.882. The molecule has 3 N–H and O–H groups in total. The van der Waals surface area contributed by atoms with Crippen LogP contribution in [-0.4, -0.2) is 38.0 Å². The van der Waals surface area contributed by atoms with Gasteiger partial charge in [0.2, 0.25) is 5.91 Å². The first kappa shape index (κ1) is 22.5. The molecule has 23 heavy (non-hydrogen) atoms. The third-order valence-corrected chi connectivity index (χ3v) is 4.18. The second kappa shape index (κ2) is 11.9. The number of halogens is 1. The molecule has 0 aliphatic heterocycles. The molecule has 0 atom stereocenters. The number of aliphatic imine (C=N–C) groups is 1. The maximum atomic E-state index is 11.7. The van der Waals surface area contributed by atoms with Gasteiger partial charge < -0.3 is 16.0 Å². The number of carbonyl (C=O) groups is 1. The molecule has 0 heterocycles. The topological polar surface area (TPSA) is 65.5 Å². The first-order valence-electron chi connectivity index (χ1n) is 8.80. The van der Waals surface area contributed by atoms with Crippen LogP contribution in [0.4, 0.5) is 0 Å². The van der Waals surface area contributed by atoms with E-state index in [1.807, 2.05) is 13.8 Å². The van der Waals surface area contributed by atoms with Gasteiger partial charge in [-0.2, -0.15) is 0 Å². The third kappa shape index (κ3) is 8.77. The zero-order valence-corrected chi connectivity index (χ0v) is 17.5. The lowest BCUT2D eigenvalue weighted by Crippen LogP contribution is -2.47. The predicted molar refractivity (Wildman–Crippen MR) is 108 cm³/mol. The molecule has 1 aliphatic carbocycles. The van der Waals surface area contributed by atoms with Gasteiger partial charge in [-0.3, -0.25) is 4.79 Å². The zero-order valence-electron chi connectivity index (χ0n) is 15.2. The van der Waals surface area contributed by atoms with Crippen LogP contribution in [0.25, 0.3) is 0 Å². The van der Waals surface area contributed by atoms with E-state index in [0.29, 0.717) is 5.41 Å². The first-order chi connectivity index (χ1) is 10.5. The van der Waals surface area contributed by atoms with E-state index in [9.17, 15) is 4.79 Å². The van der Waals surface area contributed by atoms with E-state index in [0.717, 1.165) is 37.9 Å². The van der Waals surface area contributed by atoms with Crippen molar-refractivity contribution in [1.29, 1.82) is 0 Å².